The standard InChI is InChI=1S/C15H14N2O3S/c18-14(17-7-8-21-9-13(17)15(19)20)11-3-1-5-12-10(11)4-2-6-16-12/h1-6,13H,7-9H2,(H,19,20). The number of carboxylic acid groups (broad SMARTS) is 1. The molecule has 0 saturated carbocycles. The Bertz CT molecular complexity index is 699. The second-order valence-corrected chi connectivity index (χ2v) is 5.95. The highest BCUT2D eigenvalue weighted by molar-refractivity contribution is 7.99. The first-order chi connectivity index (χ1) is 10.2. The van der Waals surface area contributed by atoms with Crippen LogP contribution in [-0.2, 0) is 4.79 Å². The Kier molecular flexibility index (Phi) is 3.79. The van der Waals surface area contributed by atoms with Gasteiger partial charge in [-0.3, -0.25) is 9.78 Å². The summed E-state index contributed by atoms with van der Waals surface area (Å²) < 4.78 is 0. The van der Waals surface area contributed by atoms with Gasteiger partial charge >= 0.3 is 5.97 Å². The summed E-state index contributed by atoms with van der Waals surface area (Å²) in [7, 11) is 0. The number of hydrogen-bond acceptors (Lipinski definition) is 4. The molecule has 1 aromatic heterocycles. The summed E-state index contributed by atoms with van der Waals surface area (Å²) in [5, 5.41) is 10.1. The van der Waals surface area contributed by atoms with Gasteiger partial charge in [0.2, 0.25) is 0 Å². The van der Waals surface area contributed by atoms with Crippen LogP contribution in [0.15, 0.2) is 36.5 Å². The van der Waals surface area contributed by atoms with Crippen molar-refractivity contribution >= 4 is 34.5 Å². The van der Waals surface area contributed by atoms with E-state index in [0.717, 1.165) is 16.7 Å². The molecule has 1 unspecified atom stereocenters. The molecule has 21 heavy (non-hydrogen) atoms. The molecule has 108 valence electrons. The molecule has 0 bridgehead atoms. The van der Waals surface area contributed by atoms with E-state index < -0.39 is 12.0 Å². The highest BCUT2D eigenvalue weighted by atomic mass is 32.2. The first-order valence-corrected chi connectivity index (χ1v) is 7.79. The molecule has 1 amide bonds. The zero-order valence-electron chi connectivity index (χ0n) is 11.2. The summed E-state index contributed by atoms with van der Waals surface area (Å²) in [5.41, 5.74) is 1.25. The van der Waals surface area contributed by atoms with Crippen LogP contribution in [0.1, 0.15) is 10.4 Å². The van der Waals surface area contributed by atoms with Crippen LogP contribution in [0.25, 0.3) is 10.9 Å². The number of carboxylic acids is 1. The summed E-state index contributed by atoms with van der Waals surface area (Å²) in [5.74, 6) is 0.0121. The molecule has 0 radical (unpaired) electrons. The van der Waals surface area contributed by atoms with Crippen molar-refractivity contribution in [1.82, 2.24) is 9.88 Å². The van der Waals surface area contributed by atoms with Crippen LogP contribution in [0.2, 0.25) is 0 Å². The summed E-state index contributed by atoms with van der Waals surface area (Å²) in [6, 6.07) is 8.20. The molecular weight excluding hydrogens is 288 g/mol. The Hall–Kier alpha value is -2.08. The molecule has 0 aliphatic carbocycles. The maximum atomic E-state index is 12.8. The molecule has 1 saturated heterocycles. The van der Waals surface area contributed by atoms with Gasteiger partial charge in [-0.15, -0.1) is 0 Å². The average Bonchev–Trinajstić information content (AvgIpc) is 2.53. The van der Waals surface area contributed by atoms with Gasteiger partial charge in [-0.2, -0.15) is 11.8 Å². The molecule has 1 N–H and O–H groups in total. The second kappa shape index (κ2) is 5.73. The molecule has 1 atom stereocenters. The van der Waals surface area contributed by atoms with Gasteiger partial charge < -0.3 is 10.0 Å². The van der Waals surface area contributed by atoms with E-state index in [1.54, 1.807) is 36.2 Å². The number of pyridine rings is 1. The number of benzene rings is 1. The lowest BCUT2D eigenvalue weighted by Crippen LogP contribution is -2.50. The van der Waals surface area contributed by atoms with E-state index in [1.165, 1.54) is 4.90 Å². The number of amides is 1. The number of hydrogen-bond donors (Lipinski definition) is 1. The van der Waals surface area contributed by atoms with Crippen LogP contribution in [0.4, 0.5) is 0 Å². The first-order valence-electron chi connectivity index (χ1n) is 6.64. The smallest absolute Gasteiger partial charge is 0.327 e. The number of aromatic nitrogens is 1. The lowest BCUT2D eigenvalue weighted by atomic mass is 10.1. The van der Waals surface area contributed by atoms with E-state index in [1.807, 2.05) is 12.1 Å². The highest BCUT2D eigenvalue weighted by Crippen LogP contribution is 2.23. The lowest BCUT2D eigenvalue weighted by molar-refractivity contribution is -0.141. The van der Waals surface area contributed by atoms with Crippen LogP contribution in [0.5, 0.6) is 0 Å². The Morgan fingerprint density at radius 2 is 2.14 bits per heavy atom. The van der Waals surface area contributed by atoms with E-state index in [2.05, 4.69) is 4.98 Å². The predicted octanol–water partition coefficient (Wildman–Crippen LogP) is 1.88. The zero-order chi connectivity index (χ0) is 14.8. The number of carbonyl (C=O) groups is 2. The summed E-state index contributed by atoms with van der Waals surface area (Å²) in [6.07, 6.45) is 1.67. The largest absolute Gasteiger partial charge is 0.480 e. The van der Waals surface area contributed by atoms with Crippen LogP contribution in [0.3, 0.4) is 0 Å². The van der Waals surface area contributed by atoms with E-state index in [-0.39, 0.29) is 5.91 Å². The maximum Gasteiger partial charge on any atom is 0.327 e. The van der Waals surface area contributed by atoms with Gasteiger partial charge in [0.1, 0.15) is 6.04 Å². The van der Waals surface area contributed by atoms with Crippen molar-refractivity contribution in [1.29, 1.82) is 0 Å². The van der Waals surface area contributed by atoms with Crippen molar-refractivity contribution in [3.63, 3.8) is 0 Å². The van der Waals surface area contributed by atoms with Crippen LogP contribution >= 0.6 is 11.8 Å². The predicted molar refractivity (Wildman–Crippen MR) is 81.5 cm³/mol. The van der Waals surface area contributed by atoms with Gasteiger partial charge in [0.05, 0.1) is 5.52 Å². The minimum absolute atomic E-state index is 0.235. The number of fused-ring (bicyclic) bond motifs is 1. The molecule has 1 aliphatic rings. The molecule has 1 aromatic carbocycles. The van der Waals surface area contributed by atoms with E-state index in [9.17, 15) is 14.7 Å². The number of aliphatic carboxylic acids is 1. The Morgan fingerprint density at radius 1 is 1.29 bits per heavy atom. The van der Waals surface area contributed by atoms with Crippen LogP contribution < -0.4 is 0 Å². The molecule has 2 heterocycles. The van der Waals surface area contributed by atoms with E-state index >= 15 is 0 Å². The van der Waals surface area contributed by atoms with Gasteiger partial charge in [-0.25, -0.2) is 4.79 Å². The molecule has 1 aliphatic heterocycles. The van der Waals surface area contributed by atoms with Crippen LogP contribution in [-0.4, -0.2) is 51.0 Å². The first kappa shape index (κ1) is 13.9. The van der Waals surface area contributed by atoms with Gasteiger partial charge in [0.15, 0.2) is 0 Å². The molecule has 6 heteroatoms. The van der Waals surface area contributed by atoms with E-state index in [0.29, 0.717) is 17.9 Å². The minimum atomic E-state index is -0.950. The van der Waals surface area contributed by atoms with Crippen LogP contribution in [0, 0.1) is 0 Å². The van der Waals surface area contributed by atoms with Crippen molar-refractivity contribution in [2.45, 2.75) is 6.04 Å². The molecule has 3 rings (SSSR count). The van der Waals surface area contributed by atoms with Crippen molar-refractivity contribution in [3.05, 3.63) is 42.1 Å². The monoisotopic (exact) mass is 302 g/mol. The number of thioether (sulfide) groups is 1. The Labute approximate surface area is 126 Å². The molecule has 1 fully saturated rings. The highest BCUT2D eigenvalue weighted by Gasteiger charge is 2.33. The summed E-state index contributed by atoms with van der Waals surface area (Å²) in [4.78, 5) is 29.8. The summed E-state index contributed by atoms with van der Waals surface area (Å²) >= 11 is 1.56. The summed E-state index contributed by atoms with van der Waals surface area (Å²) in [6.45, 7) is 0.455. The maximum absolute atomic E-state index is 12.8. The quantitative estimate of drug-likeness (QED) is 0.917. The van der Waals surface area contributed by atoms with Gasteiger partial charge in [0, 0.05) is 35.2 Å². The zero-order valence-corrected chi connectivity index (χ0v) is 12.0. The normalized spacial score (nSPS) is 18.7. The third-order valence-electron chi connectivity index (χ3n) is 3.55. The fourth-order valence-corrected chi connectivity index (χ4v) is 3.53. The Morgan fingerprint density at radius 3 is 2.95 bits per heavy atom. The fourth-order valence-electron chi connectivity index (χ4n) is 2.50. The lowest BCUT2D eigenvalue weighted by Gasteiger charge is -2.32. The topological polar surface area (TPSA) is 70.5 Å². The Balaban J connectivity index is 2.01. The van der Waals surface area contributed by atoms with E-state index in [4.69, 9.17) is 0 Å². The minimum Gasteiger partial charge on any atom is -0.480 e. The van der Waals surface area contributed by atoms with Gasteiger partial charge in [-0.05, 0) is 18.2 Å². The van der Waals surface area contributed by atoms with Crippen molar-refractivity contribution < 1.29 is 14.7 Å². The second-order valence-electron chi connectivity index (χ2n) is 4.80. The third kappa shape index (κ3) is 2.58. The molecular formula is C15H14N2O3S. The SMILES string of the molecule is O=C(O)C1CSCCN1C(=O)c1cccc2ncccc12. The van der Waals surface area contributed by atoms with Crippen molar-refractivity contribution in [2.24, 2.45) is 0 Å². The molecule has 0 spiro atoms. The molecule has 5 nitrogen and oxygen atoms in total. The fraction of sp³-hybridized carbons (Fsp3) is 0.267. The van der Waals surface area contributed by atoms with Gasteiger partial charge in [-0.1, -0.05) is 12.1 Å². The number of carbonyl (C=O) groups excluding carboxylic acids is 1. The molecule has 2 aromatic rings. The average molecular weight is 302 g/mol. The van der Waals surface area contributed by atoms with Crippen molar-refractivity contribution in [2.75, 3.05) is 18.1 Å². The van der Waals surface area contributed by atoms with Crippen molar-refractivity contribution in [3.8, 4) is 0 Å². The number of rotatable bonds is 2. The number of nitrogens with zero attached hydrogens (tertiary/aromatic N) is 2. The third-order valence-corrected chi connectivity index (χ3v) is 4.57. The van der Waals surface area contributed by atoms with Gasteiger partial charge in [0.25, 0.3) is 5.91 Å².